The van der Waals surface area contributed by atoms with Gasteiger partial charge < -0.3 is 10.4 Å². The van der Waals surface area contributed by atoms with E-state index in [4.69, 9.17) is 0 Å². The van der Waals surface area contributed by atoms with E-state index in [1.807, 2.05) is 0 Å². The van der Waals surface area contributed by atoms with Crippen LogP contribution in [0.5, 0.6) is 0 Å². The van der Waals surface area contributed by atoms with E-state index in [0.29, 0.717) is 5.92 Å². The Morgan fingerprint density at radius 3 is 2.33 bits per heavy atom. The van der Waals surface area contributed by atoms with Crippen LogP contribution in [0.15, 0.2) is 0 Å². The van der Waals surface area contributed by atoms with E-state index < -0.39 is 0 Å². The van der Waals surface area contributed by atoms with Gasteiger partial charge in [-0.1, -0.05) is 34.1 Å². The topological polar surface area (TPSA) is 49.3 Å². The molecule has 0 saturated heterocycles. The van der Waals surface area contributed by atoms with Gasteiger partial charge in [0.25, 0.3) is 0 Å². The van der Waals surface area contributed by atoms with Gasteiger partial charge in [0.15, 0.2) is 0 Å². The summed E-state index contributed by atoms with van der Waals surface area (Å²) in [4.78, 5) is 12.2. The number of aliphatic hydroxyl groups is 1. The molecule has 2 N–H and O–H groups in total. The Kier molecular flexibility index (Phi) is 3.48. The summed E-state index contributed by atoms with van der Waals surface area (Å²) in [5.41, 5.74) is 0.228. The van der Waals surface area contributed by atoms with Crippen LogP contribution in [0.4, 0.5) is 0 Å². The first-order valence-corrected chi connectivity index (χ1v) is 7.22. The van der Waals surface area contributed by atoms with Crippen LogP contribution < -0.4 is 5.32 Å². The lowest BCUT2D eigenvalue weighted by molar-refractivity contribution is -0.123. The molecule has 2 rings (SSSR count). The van der Waals surface area contributed by atoms with E-state index in [-0.39, 0.29) is 28.8 Å². The highest BCUT2D eigenvalue weighted by Gasteiger charge is 2.68. The number of nitrogens with one attached hydrogen (secondary N) is 1. The summed E-state index contributed by atoms with van der Waals surface area (Å²) in [5.74, 6) is 0.797. The second-order valence-corrected chi connectivity index (χ2v) is 7.31. The largest absolute Gasteiger partial charge is 0.393 e. The lowest BCUT2D eigenvalue weighted by atomic mass is 9.87. The molecule has 0 spiro atoms. The minimum atomic E-state index is -0.158. The van der Waals surface area contributed by atoms with E-state index in [9.17, 15) is 9.90 Å². The molecule has 0 heterocycles. The van der Waals surface area contributed by atoms with Gasteiger partial charge in [0.2, 0.25) is 5.91 Å². The molecule has 2 aliphatic rings. The summed E-state index contributed by atoms with van der Waals surface area (Å²) in [6.45, 7) is 9.41. The van der Waals surface area contributed by atoms with E-state index in [1.54, 1.807) is 0 Å². The maximum Gasteiger partial charge on any atom is 0.224 e. The molecule has 2 aliphatic carbocycles. The second-order valence-electron chi connectivity index (χ2n) is 7.31. The van der Waals surface area contributed by atoms with Crippen molar-refractivity contribution >= 4 is 5.91 Å². The average Bonchev–Trinajstić information content (AvgIpc) is 2.66. The van der Waals surface area contributed by atoms with Crippen molar-refractivity contribution in [3.8, 4) is 0 Å². The second kappa shape index (κ2) is 4.52. The Labute approximate surface area is 110 Å². The van der Waals surface area contributed by atoms with Crippen molar-refractivity contribution in [2.45, 2.75) is 59.5 Å². The first-order valence-electron chi connectivity index (χ1n) is 7.22. The molecular formula is C15H27NO2. The third-order valence-electron chi connectivity index (χ3n) is 5.60. The number of hydrogen-bond donors (Lipinski definition) is 2. The minimum absolute atomic E-state index is 0.114. The standard InChI is InChI=1S/C15H27NO2/c1-14(2)12(15(14,3)4)13(18)16-9-10-6-5-7-11(17)8-10/h10-12,17H,5-9H2,1-4H3,(H,16,18). The van der Waals surface area contributed by atoms with E-state index in [1.165, 1.54) is 0 Å². The predicted octanol–water partition coefficient (Wildman–Crippen LogP) is 2.34. The quantitative estimate of drug-likeness (QED) is 0.811. The zero-order chi connectivity index (χ0) is 13.6. The number of aliphatic hydroxyl groups excluding tert-OH is 1. The highest BCUT2D eigenvalue weighted by molar-refractivity contribution is 5.84. The van der Waals surface area contributed by atoms with Gasteiger partial charge in [-0.05, 0) is 36.0 Å². The first kappa shape index (κ1) is 13.9. The molecule has 2 fully saturated rings. The smallest absolute Gasteiger partial charge is 0.224 e. The van der Waals surface area contributed by atoms with Gasteiger partial charge in [0.05, 0.1) is 6.10 Å². The van der Waals surface area contributed by atoms with Crippen molar-refractivity contribution in [2.75, 3.05) is 6.54 Å². The SMILES string of the molecule is CC1(C)C(C(=O)NCC2CCCC(O)C2)C1(C)C. The lowest BCUT2D eigenvalue weighted by Gasteiger charge is -2.26. The predicted molar refractivity (Wildman–Crippen MR) is 72.0 cm³/mol. The summed E-state index contributed by atoms with van der Waals surface area (Å²) in [7, 11) is 0. The third kappa shape index (κ3) is 2.29. The Morgan fingerprint density at radius 2 is 1.83 bits per heavy atom. The van der Waals surface area contributed by atoms with Gasteiger partial charge in [-0.15, -0.1) is 0 Å². The van der Waals surface area contributed by atoms with E-state index in [2.05, 4.69) is 33.0 Å². The Bertz CT molecular complexity index is 321. The molecule has 2 atom stereocenters. The molecule has 0 aromatic carbocycles. The summed E-state index contributed by atoms with van der Waals surface area (Å²) in [6.07, 6.45) is 3.83. The van der Waals surface area contributed by atoms with Gasteiger partial charge in [0, 0.05) is 12.5 Å². The molecule has 2 unspecified atom stereocenters. The maximum atomic E-state index is 12.2. The highest BCUT2D eigenvalue weighted by Crippen LogP contribution is 2.68. The molecular weight excluding hydrogens is 226 g/mol. The lowest BCUT2D eigenvalue weighted by Crippen LogP contribution is -2.34. The number of amides is 1. The monoisotopic (exact) mass is 253 g/mol. The number of carbonyl (C=O) groups is 1. The zero-order valence-electron chi connectivity index (χ0n) is 12.1. The van der Waals surface area contributed by atoms with E-state index in [0.717, 1.165) is 32.2 Å². The fourth-order valence-electron chi connectivity index (χ4n) is 3.65. The van der Waals surface area contributed by atoms with Crippen molar-refractivity contribution in [3.05, 3.63) is 0 Å². The molecule has 1 amide bonds. The van der Waals surface area contributed by atoms with Gasteiger partial charge >= 0.3 is 0 Å². The van der Waals surface area contributed by atoms with Gasteiger partial charge in [-0.25, -0.2) is 0 Å². The molecule has 0 aliphatic heterocycles. The average molecular weight is 253 g/mol. The van der Waals surface area contributed by atoms with Crippen LogP contribution >= 0.6 is 0 Å². The Balaban J connectivity index is 1.80. The molecule has 18 heavy (non-hydrogen) atoms. The van der Waals surface area contributed by atoms with Crippen LogP contribution in [0.2, 0.25) is 0 Å². The maximum absolute atomic E-state index is 12.2. The van der Waals surface area contributed by atoms with Gasteiger partial charge in [-0.2, -0.15) is 0 Å². The number of hydrogen-bond acceptors (Lipinski definition) is 2. The molecule has 0 radical (unpaired) electrons. The van der Waals surface area contributed by atoms with Gasteiger partial charge in [-0.3, -0.25) is 4.79 Å². The Hall–Kier alpha value is -0.570. The number of carbonyl (C=O) groups excluding carboxylic acids is 1. The third-order valence-corrected chi connectivity index (χ3v) is 5.60. The van der Waals surface area contributed by atoms with Crippen LogP contribution in [0.3, 0.4) is 0 Å². The molecule has 0 aromatic heterocycles. The highest BCUT2D eigenvalue weighted by atomic mass is 16.3. The van der Waals surface area contributed by atoms with Crippen LogP contribution in [0.1, 0.15) is 53.4 Å². The Morgan fingerprint density at radius 1 is 1.22 bits per heavy atom. The fraction of sp³-hybridized carbons (Fsp3) is 0.933. The van der Waals surface area contributed by atoms with Crippen LogP contribution in [-0.2, 0) is 4.79 Å². The summed E-state index contributed by atoms with van der Waals surface area (Å²) >= 11 is 0. The minimum Gasteiger partial charge on any atom is -0.393 e. The zero-order valence-corrected chi connectivity index (χ0v) is 12.1. The summed E-state index contributed by atoms with van der Waals surface area (Å²) in [5, 5.41) is 12.7. The molecule has 3 nitrogen and oxygen atoms in total. The molecule has 0 aromatic rings. The van der Waals surface area contributed by atoms with Crippen LogP contribution in [-0.4, -0.2) is 23.7 Å². The van der Waals surface area contributed by atoms with Crippen molar-refractivity contribution in [1.29, 1.82) is 0 Å². The van der Waals surface area contributed by atoms with Crippen molar-refractivity contribution < 1.29 is 9.90 Å². The summed E-state index contributed by atoms with van der Waals surface area (Å²) < 4.78 is 0. The van der Waals surface area contributed by atoms with Crippen LogP contribution in [0, 0.1) is 22.7 Å². The first-order chi connectivity index (χ1) is 8.26. The van der Waals surface area contributed by atoms with Crippen molar-refractivity contribution in [3.63, 3.8) is 0 Å². The van der Waals surface area contributed by atoms with Crippen LogP contribution in [0.25, 0.3) is 0 Å². The normalized spacial score (nSPS) is 34.1. The number of rotatable bonds is 3. The summed E-state index contributed by atoms with van der Waals surface area (Å²) in [6, 6.07) is 0. The van der Waals surface area contributed by atoms with Crippen molar-refractivity contribution in [2.24, 2.45) is 22.7 Å². The molecule has 104 valence electrons. The van der Waals surface area contributed by atoms with Gasteiger partial charge in [0.1, 0.15) is 0 Å². The van der Waals surface area contributed by atoms with E-state index >= 15 is 0 Å². The molecule has 3 heteroatoms. The van der Waals surface area contributed by atoms with Crippen molar-refractivity contribution in [1.82, 2.24) is 5.32 Å². The molecule has 0 bridgehead atoms. The molecule has 2 saturated carbocycles. The fourth-order valence-corrected chi connectivity index (χ4v) is 3.65.